The van der Waals surface area contributed by atoms with E-state index in [0.29, 0.717) is 11.8 Å². The summed E-state index contributed by atoms with van der Waals surface area (Å²) in [5.74, 6) is 1.37. The number of amides is 1. The van der Waals surface area contributed by atoms with Gasteiger partial charge in [0, 0.05) is 23.9 Å². The first-order valence-corrected chi connectivity index (χ1v) is 6.34. The standard InChI is InChI=1S/C12H22ClNO/c1-5-12(3,4)11(15)14-7-6-9(2)10(14)8-13/h9-10H,5-8H2,1-4H3. The van der Waals surface area contributed by atoms with E-state index < -0.39 is 0 Å². The van der Waals surface area contributed by atoms with Gasteiger partial charge in [-0.2, -0.15) is 0 Å². The fourth-order valence-corrected chi connectivity index (χ4v) is 2.51. The first-order valence-electron chi connectivity index (χ1n) is 5.81. The number of alkyl halides is 1. The molecule has 88 valence electrons. The minimum atomic E-state index is -0.242. The third-order valence-corrected chi connectivity index (χ3v) is 4.08. The van der Waals surface area contributed by atoms with Gasteiger partial charge in [0.15, 0.2) is 0 Å². The number of hydrogen-bond acceptors (Lipinski definition) is 1. The highest BCUT2D eigenvalue weighted by atomic mass is 35.5. The maximum Gasteiger partial charge on any atom is 0.228 e. The molecule has 0 bridgehead atoms. The van der Waals surface area contributed by atoms with Crippen molar-refractivity contribution in [3.05, 3.63) is 0 Å². The number of hydrogen-bond donors (Lipinski definition) is 0. The molecule has 0 spiro atoms. The van der Waals surface area contributed by atoms with E-state index in [-0.39, 0.29) is 17.4 Å². The van der Waals surface area contributed by atoms with Crippen molar-refractivity contribution < 1.29 is 4.79 Å². The molecule has 0 aromatic rings. The lowest BCUT2D eigenvalue weighted by Crippen LogP contribution is -2.45. The van der Waals surface area contributed by atoms with Crippen LogP contribution in [-0.4, -0.2) is 29.3 Å². The van der Waals surface area contributed by atoms with Gasteiger partial charge in [0.25, 0.3) is 0 Å². The summed E-state index contributed by atoms with van der Waals surface area (Å²) < 4.78 is 0. The summed E-state index contributed by atoms with van der Waals surface area (Å²) >= 11 is 5.94. The predicted octanol–water partition coefficient (Wildman–Crippen LogP) is 2.90. The Bertz CT molecular complexity index is 240. The summed E-state index contributed by atoms with van der Waals surface area (Å²) in [6.07, 6.45) is 1.97. The first-order chi connectivity index (χ1) is 6.94. The molecule has 0 radical (unpaired) electrons. The lowest BCUT2D eigenvalue weighted by Gasteiger charge is -2.32. The van der Waals surface area contributed by atoms with E-state index in [1.54, 1.807) is 0 Å². The molecule has 1 amide bonds. The number of carbonyl (C=O) groups excluding carboxylic acids is 1. The van der Waals surface area contributed by atoms with Crippen LogP contribution in [0.2, 0.25) is 0 Å². The third-order valence-electron chi connectivity index (χ3n) is 3.76. The second-order valence-electron chi connectivity index (χ2n) is 5.22. The fraction of sp³-hybridized carbons (Fsp3) is 0.917. The Morgan fingerprint density at radius 2 is 2.13 bits per heavy atom. The quantitative estimate of drug-likeness (QED) is 0.684. The largest absolute Gasteiger partial charge is 0.338 e. The molecule has 0 aromatic carbocycles. The van der Waals surface area contributed by atoms with E-state index in [2.05, 4.69) is 13.8 Å². The van der Waals surface area contributed by atoms with Crippen molar-refractivity contribution in [1.29, 1.82) is 0 Å². The SMILES string of the molecule is CCC(C)(C)C(=O)N1CCC(C)C1CCl. The maximum atomic E-state index is 12.3. The summed E-state index contributed by atoms with van der Waals surface area (Å²) in [4.78, 5) is 14.3. The van der Waals surface area contributed by atoms with Crippen molar-refractivity contribution in [3.63, 3.8) is 0 Å². The Labute approximate surface area is 98.0 Å². The number of rotatable bonds is 3. The van der Waals surface area contributed by atoms with Gasteiger partial charge in [0.05, 0.1) is 0 Å². The molecule has 0 N–H and O–H groups in total. The number of likely N-dealkylation sites (tertiary alicyclic amines) is 1. The minimum absolute atomic E-state index is 0.241. The molecule has 2 unspecified atom stereocenters. The summed E-state index contributed by atoms with van der Waals surface area (Å²) in [5.41, 5.74) is -0.242. The van der Waals surface area contributed by atoms with Crippen LogP contribution in [0.15, 0.2) is 0 Å². The van der Waals surface area contributed by atoms with Gasteiger partial charge in [-0.1, -0.05) is 27.7 Å². The number of carbonyl (C=O) groups is 1. The number of halogens is 1. The van der Waals surface area contributed by atoms with Crippen molar-refractivity contribution in [2.75, 3.05) is 12.4 Å². The van der Waals surface area contributed by atoms with Gasteiger partial charge < -0.3 is 4.90 Å². The van der Waals surface area contributed by atoms with Crippen molar-refractivity contribution >= 4 is 17.5 Å². The third kappa shape index (κ3) is 2.47. The van der Waals surface area contributed by atoms with Crippen LogP contribution in [0.1, 0.15) is 40.5 Å². The van der Waals surface area contributed by atoms with Crippen molar-refractivity contribution in [1.82, 2.24) is 4.90 Å². The molecule has 1 saturated heterocycles. The maximum absolute atomic E-state index is 12.3. The highest BCUT2D eigenvalue weighted by molar-refractivity contribution is 6.18. The van der Waals surface area contributed by atoms with Gasteiger partial charge in [-0.15, -0.1) is 11.6 Å². The molecule has 1 heterocycles. The van der Waals surface area contributed by atoms with Gasteiger partial charge in [-0.25, -0.2) is 0 Å². The smallest absolute Gasteiger partial charge is 0.228 e. The molecule has 15 heavy (non-hydrogen) atoms. The molecule has 1 fully saturated rings. The highest BCUT2D eigenvalue weighted by Gasteiger charge is 2.39. The lowest BCUT2D eigenvalue weighted by atomic mass is 9.88. The lowest BCUT2D eigenvalue weighted by molar-refractivity contribution is -0.141. The molecule has 1 aliphatic heterocycles. The second kappa shape index (κ2) is 4.73. The van der Waals surface area contributed by atoms with Gasteiger partial charge >= 0.3 is 0 Å². The second-order valence-corrected chi connectivity index (χ2v) is 5.53. The van der Waals surface area contributed by atoms with Crippen LogP contribution in [0, 0.1) is 11.3 Å². The average molecular weight is 232 g/mol. The Morgan fingerprint density at radius 1 is 1.53 bits per heavy atom. The molecule has 0 aromatic heterocycles. The normalized spacial score (nSPS) is 27.1. The zero-order valence-electron chi connectivity index (χ0n) is 10.2. The zero-order chi connectivity index (χ0) is 11.6. The van der Waals surface area contributed by atoms with Gasteiger partial charge in [-0.3, -0.25) is 4.79 Å². The van der Waals surface area contributed by atoms with Crippen LogP contribution in [-0.2, 0) is 4.79 Å². The average Bonchev–Trinajstić information content (AvgIpc) is 2.58. The van der Waals surface area contributed by atoms with E-state index in [1.807, 2.05) is 18.7 Å². The molecule has 1 aliphatic rings. The van der Waals surface area contributed by atoms with Crippen molar-refractivity contribution in [2.24, 2.45) is 11.3 Å². The molecule has 2 nitrogen and oxygen atoms in total. The first kappa shape index (κ1) is 12.8. The van der Waals surface area contributed by atoms with Gasteiger partial charge in [0.2, 0.25) is 5.91 Å². The summed E-state index contributed by atoms with van der Waals surface area (Å²) in [7, 11) is 0. The van der Waals surface area contributed by atoms with Gasteiger partial charge in [0.1, 0.15) is 0 Å². The summed E-state index contributed by atoms with van der Waals surface area (Å²) in [5, 5.41) is 0. The van der Waals surface area contributed by atoms with E-state index in [1.165, 1.54) is 0 Å². The molecule has 1 rings (SSSR count). The van der Waals surface area contributed by atoms with Crippen LogP contribution < -0.4 is 0 Å². The van der Waals surface area contributed by atoms with Crippen LogP contribution in [0.5, 0.6) is 0 Å². The van der Waals surface area contributed by atoms with Gasteiger partial charge in [-0.05, 0) is 18.8 Å². The van der Waals surface area contributed by atoms with Crippen molar-refractivity contribution in [2.45, 2.75) is 46.6 Å². The molecule has 3 heteroatoms. The van der Waals surface area contributed by atoms with Crippen LogP contribution >= 0.6 is 11.6 Å². The van der Waals surface area contributed by atoms with E-state index >= 15 is 0 Å². The predicted molar refractivity (Wildman–Crippen MR) is 64.1 cm³/mol. The Kier molecular flexibility index (Phi) is 4.05. The van der Waals surface area contributed by atoms with Crippen LogP contribution in [0.4, 0.5) is 0 Å². The molecule has 2 atom stereocenters. The van der Waals surface area contributed by atoms with E-state index in [9.17, 15) is 4.79 Å². The molecular formula is C12H22ClNO. The zero-order valence-corrected chi connectivity index (χ0v) is 11.0. The Morgan fingerprint density at radius 3 is 2.60 bits per heavy atom. The highest BCUT2D eigenvalue weighted by Crippen LogP contribution is 2.31. The monoisotopic (exact) mass is 231 g/mol. The molecule has 0 saturated carbocycles. The van der Waals surface area contributed by atoms with E-state index in [4.69, 9.17) is 11.6 Å². The summed E-state index contributed by atoms with van der Waals surface area (Å²) in [6, 6.07) is 0.241. The molecular weight excluding hydrogens is 210 g/mol. The molecule has 0 aliphatic carbocycles. The van der Waals surface area contributed by atoms with Crippen LogP contribution in [0.3, 0.4) is 0 Å². The Balaban J connectivity index is 2.76. The minimum Gasteiger partial charge on any atom is -0.338 e. The van der Waals surface area contributed by atoms with Crippen molar-refractivity contribution in [3.8, 4) is 0 Å². The Hall–Kier alpha value is -0.240. The van der Waals surface area contributed by atoms with E-state index in [0.717, 1.165) is 19.4 Å². The summed E-state index contributed by atoms with van der Waals surface area (Å²) in [6.45, 7) is 9.15. The number of nitrogens with zero attached hydrogens (tertiary/aromatic N) is 1. The fourth-order valence-electron chi connectivity index (χ4n) is 2.04. The van der Waals surface area contributed by atoms with Crippen LogP contribution in [0.25, 0.3) is 0 Å². The topological polar surface area (TPSA) is 20.3 Å².